The molecule has 280 valence electrons. The first kappa shape index (κ1) is 35.9. The fourth-order valence-corrected chi connectivity index (χ4v) is 9.99. The standard InChI is InChI=1S/C52H48F2N2/c1-31-9-17-37(18-10-31)55(39-21-13-35(53)14-22-39)41-25-27-43-45(29-41)51(5,6)49-47(43)33(3)34(4)48-44-28-26-42(30-46(44)52(7,8)50(48)49)56(38-19-11-32(2)12-20-38)40-23-15-36(54)16-24-40/h9-30,43,45H,1-8H3. The number of aryl methyl sites for hydroxylation is 2. The van der Waals surface area contributed by atoms with E-state index in [0.717, 1.165) is 34.1 Å². The van der Waals surface area contributed by atoms with E-state index in [-0.39, 0.29) is 34.3 Å². The van der Waals surface area contributed by atoms with Crippen LogP contribution in [0, 0.1) is 45.2 Å². The number of hydrogen-bond donors (Lipinski definition) is 0. The van der Waals surface area contributed by atoms with Crippen LogP contribution in [-0.4, -0.2) is 0 Å². The molecule has 6 aromatic carbocycles. The van der Waals surface area contributed by atoms with E-state index in [9.17, 15) is 8.78 Å². The van der Waals surface area contributed by atoms with Crippen molar-refractivity contribution in [1.82, 2.24) is 0 Å². The number of anilines is 5. The summed E-state index contributed by atoms with van der Waals surface area (Å²) in [5.41, 5.74) is 19.0. The second-order valence-electron chi connectivity index (χ2n) is 17.2. The smallest absolute Gasteiger partial charge is 0.123 e. The van der Waals surface area contributed by atoms with Crippen molar-refractivity contribution in [2.75, 3.05) is 9.80 Å². The molecule has 0 aliphatic heterocycles. The molecule has 9 rings (SSSR count). The maximum absolute atomic E-state index is 14.2. The van der Waals surface area contributed by atoms with Gasteiger partial charge in [-0.1, -0.05) is 81.3 Å². The Hall–Kier alpha value is -5.74. The topological polar surface area (TPSA) is 6.48 Å². The molecule has 2 unspecified atom stereocenters. The van der Waals surface area contributed by atoms with Crippen molar-refractivity contribution < 1.29 is 8.78 Å². The summed E-state index contributed by atoms with van der Waals surface area (Å²) < 4.78 is 28.4. The minimum absolute atomic E-state index is 0.190. The molecule has 0 fully saturated rings. The third kappa shape index (κ3) is 5.48. The highest BCUT2D eigenvalue weighted by molar-refractivity contribution is 5.90. The molecule has 4 heteroatoms. The Morgan fingerprint density at radius 1 is 0.536 bits per heavy atom. The van der Waals surface area contributed by atoms with Gasteiger partial charge in [0.1, 0.15) is 11.6 Å². The number of rotatable bonds is 6. The van der Waals surface area contributed by atoms with E-state index < -0.39 is 0 Å². The van der Waals surface area contributed by atoms with Gasteiger partial charge < -0.3 is 9.80 Å². The zero-order valence-corrected chi connectivity index (χ0v) is 33.5. The van der Waals surface area contributed by atoms with Crippen LogP contribution >= 0.6 is 0 Å². The molecule has 0 spiro atoms. The zero-order chi connectivity index (χ0) is 39.3. The molecular weight excluding hydrogens is 691 g/mol. The molecule has 56 heavy (non-hydrogen) atoms. The number of nitrogens with zero attached hydrogens (tertiary/aromatic N) is 2. The normalized spacial score (nSPS) is 18.1. The first-order chi connectivity index (χ1) is 26.8. The van der Waals surface area contributed by atoms with E-state index in [1.54, 1.807) is 12.1 Å². The fourth-order valence-electron chi connectivity index (χ4n) is 9.99. The first-order valence-electron chi connectivity index (χ1n) is 19.7. The van der Waals surface area contributed by atoms with Crippen LogP contribution in [-0.2, 0) is 10.8 Å². The quantitative estimate of drug-likeness (QED) is 0.168. The second kappa shape index (κ2) is 12.9. The summed E-state index contributed by atoms with van der Waals surface area (Å²) in [5.74, 6) is -0.0550. The Kier molecular flexibility index (Phi) is 8.29. The molecule has 0 heterocycles. The molecule has 3 aliphatic rings. The van der Waals surface area contributed by atoms with E-state index in [0.29, 0.717) is 0 Å². The van der Waals surface area contributed by atoms with Gasteiger partial charge in [0.25, 0.3) is 0 Å². The summed E-state index contributed by atoms with van der Waals surface area (Å²) >= 11 is 0. The van der Waals surface area contributed by atoms with Gasteiger partial charge in [0.15, 0.2) is 0 Å². The van der Waals surface area contributed by atoms with Crippen LogP contribution in [0.1, 0.15) is 78.1 Å². The zero-order valence-electron chi connectivity index (χ0n) is 33.5. The van der Waals surface area contributed by atoms with E-state index in [1.807, 2.05) is 24.3 Å². The summed E-state index contributed by atoms with van der Waals surface area (Å²) in [6, 6.07) is 37.6. The van der Waals surface area contributed by atoms with Crippen molar-refractivity contribution >= 4 is 28.4 Å². The predicted molar refractivity (Wildman–Crippen MR) is 229 cm³/mol. The van der Waals surface area contributed by atoms with E-state index >= 15 is 0 Å². The lowest BCUT2D eigenvalue weighted by Gasteiger charge is -2.36. The minimum Gasteiger partial charge on any atom is -0.311 e. The molecule has 2 atom stereocenters. The minimum atomic E-state index is -0.284. The molecule has 0 N–H and O–H groups in total. The van der Waals surface area contributed by atoms with E-state index in [2.05, 4.69) is 150 Å². The molecule has 0 saturated heterocycles. The molecule has 0 amide bonds. The molecular formula is C52H48F2N2. The Bertz CT molecular complexity index is 2480. The molecule has 0 bridgehead atoms. The Labute approximate surface area is 330 Å². The highest BCUT2D eigenvalue weighted by atomic mass is 19.1. The van der Waals surface area contributed by atoms with Gasteiger partial charge in [0.2, 0.25) is 0 Å². The van der Waals surface area contributed by atoms with Crippen molar-refractivity contribution in [3.05, 3.63) is 195 Å². The third-order valence-electron chi connectivity index (χ3n) is 13.0. The number of hydrogen-bond acceptors (Lipinski definition) is 2. The largest absolute Gasteiger partial charge is 0.311 e. The molecule has 0 aromatic heterocycles. The summed E-state index contributed by atoms with van der Waals surface area (Å²) in [6.45, 7) is 18.5. The first-order valence-corrected chi connectivity index (χ1v) is 19.7. The maximum atomic E-state index is 14.2. The van der Waals surface area contributed by atoms with Gasteiger partial charge in [-0.3, -0.25) is 0 Å². The second-order valence-corrected chi connectivity index (χ2v) is 17.2. The highest BCUT2D eigenvalue weighted by Crippen LogP contribution is 2.63. The van der Waals surface area contributed by atoms with Crippen molar-refractivity contribution in [2.24, 2.45) is 5.92 Å². The summed E-state index contributed by atoms with van der Waals surface area (Å²) in [6.07, 6.45) is 7.18. The van der Waals surface area contributed by atoms with Crippen LogP contribution in [0.5, 0.6) is 0 Å². The SMILES string of the molecule is Cc1ccc(N(C2=CC3C(C=C2)c2c(C)c(C)c4c(c2C3(C)C)C(C)(C)c2cc(N(c3ccc(C)cc3)c3ccc(F)cc3)ccc2-4)c2ccc(F)cc2)cc1. The molecule has 2 nitrogen and oxygen atoms in total. The van der Waals surface area contributed by atoms with Gasteiger partial charge in [-0.2, -0.15) is 0 Å². The van der Waals surface area contributed by atoms with Crippen molar-refractivity contribution in [3.8, 4) is 11.1 Å². The number of fused-ring (bicyclic) bond motifs is 7. The average molecular weight is 739 g/mol. The maximum Gasteiger partial charge on any atom is 0.123 e. The summed E-state index contributed by atoms with van der Waals surface area (Å²) in [5, 5.41) is 0. The van der Waals surface area contributed by atoms with Crippen LogP contribution in [0.25, 0.3) is 11.1 Å². The lowest BCUT2D eigenvalue weighted by atomic mass is 9.69. The average Bonchev–Trinajstić information content (AvgIpc) is 3.56. The van der Waals surface area contributed by atoms with E-state index in [1.165, 1.54) is 67.8 Å². The Morgan fingerprint density at radius 3 is 1.55 bits per heavy atom. The van der Waals surface area contributed by atoms with Crippen LogP contribution in [0.4, 0.5) is 37.2 Å². The Morgan fingerprint density at radius 2 is 1.02 bits per heavy atom. The lowest BCUT2D eigenvalue weighted by Crippen LogP contribution is -2.30. The van der Waals surface area contributed by atoms with Crippen LogP contribution in [0.3, 0.4) is 0 Å². The Balaban J connectivity index is 1.18. The van der Waals surface area contributed by atoms with Crippen molar-refractivity contribution in [3.63, 3.8) is 0 Å². The molecule has 6 aromatic rings. The number of benzene rings is 6. The fraction of sp³-hybridized carbons (Fsp3) is 0.231. The van der Waals surface area contributed by atoms with Gasteiger partial charge in [-0.25, -0.2) is 8.78 Å². The van der Waals surface area contributed by atoms with Crippen LogP contribution in [0.2, 0.25) is 0 Å². The van der Waals surface area contributed by atoms with Gasteiger partial charge in [-0.15, -0.1) is 0 Å². The van der Waals surface area contributed by atoms with Gasteiger partial charge in [0, 0.05) is 45.5 Å². The number of allylic oxidation sites excluding steroid dienone is 3. The summed E-state index contributed by atoms with van der Waals surface area (Å²) in [4.78, 5) is 4.49. The van der Waals surface area contributed by atoms with E-state index in [4.69, 9.17) is 0 Å². The van der Waals surface area contributed by atoms with Crippen LogP contribution < -0.4 is 9.80 Å². The highest BCUT2D eigenvalue weighted by Gasteiger charge is 2.52. The predicted octanol–water partition coefficient (Wildman–Crippen LogP) is 14.3. The summed E-state index contributed by atoms with van der Waals surface area (Å²) in [7, 11) is 0. The molecule has 3 aliphatic carbocycles. The number of halogens is 2. The molecule has 0 radical (unpaired) electrons. The van der Waals surface area contributed by atoms with Crippen molar-refractivity contribution in [1.29, 1.82) is 0 Å². The third-order valence-corrected chi connectivity index (χ3v) is 13.0. The van der Waals surface area contributed by atoms with Gasteiger partial charge in [-0.05, 0) is 175 Å². The molecule has 0 saturated carbocycles. The van der Waals surface area contributed by atoms with Crippen LogP contribution in [0.15, 0.2) is 139 Å². The monoisotopic (exact) mass is 738 g/mol. The van der Waals surface area contributed by atoms with Gasteiger partial charge in [0.05, 0.1) is 0 Å². The van der Waals surface area contributed by atoms with Gasteiger partial charge >= 0.3 is 0 Å². The van der Waals surface area contributed by atoms with Crippen molar-refractivity contribution in [2.45, 2.75) is 72.1 Å². The lowest BCUT2D eigenvalue weighted by molar-refractivity contribution is 0.387.